The fourth-order valence-electron chi connectivity index (χ4n) is 2.31. The van der Waals surface area contributed by atoms with Crippen LogP contribution in [0.4, 0.5) is 0 Å². The Kier molecular flexibility index (Phi) is 4.41. The molecule has 1 aromatic carbocycles. The normalized spacial score (nSPS) is 11.7. The molecule has 0 saturated carbocycles. The summed E-state index contributed by atoms with van der Waals surface area (Å²) in [6, 6.07) is 11.4. The van der Waals surface area contributed by atoms with Gasteiger partial charge in [0.2, 0.25) is 10.0 Å². The van der Waals surface area contributed by atoms with Gasteiger partial charge >= 0.3 is 0 Å². The molecule has 2 aromatic heterocycles. The monoisotopic (exact) mass is 344 g/mol. The van der Waals surface area contributed by atoms with Gasteiger partial charge in [-0.1, -0.05) is 18.2 Å². The summed E-state index contributed by atoms with van der Waals surface area (Å²) in [5.74, 6) is 0.575. The molecule has 3 rings (SSSR count). The van der Waals surface area contributed by atoms with Crippen LogP contribution in [0.5, 0.6) is 0 Å². The van der Waals surface area contributed by atoms with Gasteiger partial charge in [-0.3, -0.25) is 9.20 Å². The van der Waals surface area contributed by atoms with E-state index >= 15 is 0 Å². The molecule has 0 saturated heterocycles. The molecule has 0 radical (unpaired) electrons. The zero-order valence-corrected chi connectivity index (χ0v) is 13.8. The molecule has 1 N–H and O–H groups in total. The zero-order chi connectivity index (χ0) is 17.2. The van der Waals surface area contributed by atoms with Crippen molar-refractivity contribution in [2.24, 2.45) is 0 Å². The van der Waals surface area contributed by atoms with E-state index in [0.29, 0.717) is 17.8 Å². The zero-order valence-electron chi connectivity index (χ0n) is 13.0. The fraction of sp³-hybridized carbons (Fsp3) is 0.188. The molecule has 7 nitrogen and oxygen atoms in total. The number of pyridine rings is 1. The molecule has 0 bridgehead atoms. The quantitative estimate of drug-likeness (QED) is 0.683. The molecule has 0 aliphatic rings. The van der Waals surface area contributed by atoms with Crippen LogP contribution in [-0.2, 0) is 16.4 Å². The highest BCUT2D eigenvalue weighted by molar-refractivity contribution is 7.89. The Bertz CT molecular complexity index is 978. The molecule has 0 amide bonds. The molecular formula is C16H16N4O3S. The maximum Gasteiger partial charge on any atom is 0.240 e. The summed E-state index contributed by atoms with van der Waals surface area (Å²) in [4.78, 5) is 11.4. The lowest BCUT2D eigenvalue weighted by molar-refractivity contribution is 0.101. The van der Waals surface area contributed by atoms with Gasteiger partial charge in [0, 0.05) is 24.7 Å². The van der Waals surface area contributed by atoms with Crippen LogP contribution in [-0.4, -0.2) is 35.3 Å². The third-order valence-electron chi connectivity index (χ3n) is 3.60. The van der Waals surface area contributed by atoms with Crippen LogP contribution in [0.2, 0.25) is 0 Å². The van der Waals surface area contributed by atoms with Gasteiger partial charge < -0.3 is 0 Å². The van der Waals surface area contributed by atoms with E-state index in [-0.39, 0.29) is 17.2 Å². The second-order valence-corrected chi connectivity index (χ2v) is 7.04. The SMILES string of the molecule is CC(=O)c1ccc(S(=O)(=O)NCCc2nnc3ccccn23)cc1. The lowest BCUT2D eigenvalue weighted by Gasteiger charge is -2.07. The predicted molar refractivity (Wildman–Crippen MR) is 88.3 cm³/mol. The molecule has 24 heavy (non-hydrogen) atoms. The Morgan fingerprint density at radius 2 is 1.88 bits per heavy atom. The Labute approximate surface area is 139 Å². The molecule has 0 spiro atoms. The van der Waals surface area contributed by atoms with Crippen molar-refractivity contribution in [2.75, 3.05) is 6.54 Å². The molecule has 0 atom stereocenters. The first-order valence-corrected chi connectivity index (χ1v) is 8.85. The van der Waals surface area contributed by atoms with Crippen molar-refractivity contribution in [2.45, 2.75) is 18.2 Å². The number of nitrogens with one attached hydrogen (secondary N) is 1. The summed E-state index contributed by atoms with van der Waals surface area (Å²) in [5.41, 5.74) is 1.19. The number of sulfonamides is 1. The first-order chi connectivity index (χ1) is 11.5. The number of aromatic nitrogens is 3. The highest BCUT2D eigenvalue weighted by Gasteiger charge is 2.14. The summed E-state index contributed by atoms with van der Waals surface area (Å²) >= 11 is 0. The van der Waals surface area contributed by atoms with E-state index in [1.165, 1.54) is 31.2 Å². The smallest absolute Gasteiger partial charge is 0.240 e. The van der Waals surface area contributed by atoms with E-state index < -0.39 is 10.0 Å². The highest BCUT2D eigenvalue weighted by Crippen LogP contribution is 2.11. The fourth-order valence-corrected chi connectivity index (χ4v) is 3.34. The molecular weight excluding hydrogens is 328 g/mol. The minimum Gasteiger partial charge on any atom is -0.295 e. The van der Waals surface area contributed by atoms with Gasteiger partial charge in [-0.15, -0.1) is 10.2 Å². The van der Waals surface area contributed by atoms with Crippen LogP contribution in [0.15, 0.2) is 53.6 Å². The van der Waals surface area contributed by atoms with Gasteiger partial charge in [0.05, 0.1) is 4.90 Å². The first-order valence-electron chi connectivity index (χ1n) is 7.37. The third-order valence-corrected chi connectivity index (χ3v) is 5.07. The maximum atomic E-state index is 12.3. The van der Waals surface area contributed by atoms with E-state index in [9.17, 15) is 13.2 Å². The first kappa shape index (κ1) is 16.3. The van der Waals surface area contributed by atoms with E-state index in [1.807, 2.05) is 28.8 Å². The minimum atomic E-state index is -3.63. The summed E-state index contributed by atoms with van der Waals surface area (Å²) in [6.45, 7) is 1.64. The summed E-state index contributed by atoms with van der Waals surface area (Å²) in [6.07, 6.45) is 2.25. The summed E-state index contributed by atoms with van der Waals surface area (Å²) in [5, 5.41) is 8.08. The molecule has 0 aliphatic carbocycles. The Morgan fingerprint density at radius 1 is 1.12 bits per heavy atom. The van der Waals surface area contributed by atoms with Crippen molar-refractivity contribution >= 4 is 21.5 Å². The number of hydrogen-bond donors (Lipinski definition) is 1. The Balaban J connectivity index is 1.68. The number of rotatable bonds is 6. The summed E-state index contributed by atoms with van der Waals surface area (Å²) < 4.78 is 28.9. The number of nitrogens with zero attached hydrogens (tertiary/aromatic N) is 3. The van der Waals surface area contributed by atoms with Gasteiger partial charge in [-0.05, 0) is 31.2 Å². The van der Waals surface area contributed by atoms with Crippen LogP contribution >= 0.6 is 0 Å². The second-order valence-electron chi connectivity index (χ2n) is 5.27. The number of ketones is 1. The number of fused-ring (bicyclic) bond motifs is 1. The van der Waals surface area contributed by atoms with Crippen molar-refractivity contribution in [3.05, 3.63) is 60.0 Å². The molecule has 2 heterocycles. The number of carbonyl (C=O) groups is 1. The lowest BCUT2D eigenvalue weighted by Crippen LogP contribution is -2.26. The van der Waals surface area contributed by atoms with Gasteiger partial charge in [0.1, 0.15) is 5.82 Å². The highest BCUT2D eigenvalue weighted by atomic mass is 32.2. The molecule has 3 aromatic rings. The Hall–Kier alpha value is -2.58. The molecule has 0 fully saturated rings. The average molecular weight is 344 g/mol. The van der Waals surface area contributed by atoms with Crippen LogP contribution in [0, 0.1) is 0 Å². The van der Waals surface area contributed by atoms with Crippen LogP contribution in [0.1, 0.15) is 23.1 Å². The molecule has 124 valence electrons. The van der Waals surface area contributed by atoms with Crippen molar-refractivity contribution in [1.29, 1.82) is 0 Å². The van der Waals surface area contributed by atoms with E-state index in [1.54, 1.807) is 0 Å². The van der Waals surface area contributed by atoms with Gasteiger partial charge in [-0.2, -0.15) is 0 Å². The number of benzene rings is 1. The standard InChI is InChI=1S/C16H16N4O3S/c1-12(21)13-5-7-14(8-6-13)24(22,23)17-10-9-16-19-18-15-4-2-3-11-20(15)16/h2-8,11,17H,9-10H2,1H3. The van der Waals surface area contributed by atoms with Gasteiger partial charge in [0.25, 0.3) is 0 Å². The summed E-state index contributed by atoms with van der Waals surface area (Å²) in [7, 11) is -3.63. The number of hydrogen-bond acceptors (Lipinski definition) is 5. The third kappa shape index (κ3) is 3.34. The molecule has 8 heteroatoms. The molecule has 0 aliphatic heterocycles. The van der Waals surface area contributed by atoms with E-state index in [4.69, 9.17) is 0 Å². The van der Waals surface area contributed by atoms with Gasteiger partial charge in [-0.25, -0.2) is 13.1 Å². The minimum absolute atomic E-state index is 0.106. The predicted octanol–water partition coefficient (Wildman–Crippen LogP) is 1.45. The van der Waals surface area contributed by atoms with Gasteiger partial charge in [0.15, 0.2) is 11.4 Å². The topological polar surface area (TPSA) is 93.4 Å². The largest absolute Gasteiger partial charge is 0.295 e. The average Bonchev–Trinajstić information content (AvgIpc) is 2.98. The van der Waals surface area contributed by atoms with Crippen molar-refractivity contribution in [1.82, 2.24) is 19.3 Å². The van der Waals surface area contributed by atoms with Crippen molar-refractivity contribution < 1.29 is 13.2 Å². The van der Waals surface area contributed by atoms with Crippen LogP contribution in [0.25, 0.3) is 5.65 Å². The van der Waals surface area contributed by atoms with E-state index in [0.717, 1.165) is 5.65 Å². The lowest BCUT2D eigenvalue weighted by atomic mass is 10.2. The Morgan fingerprint density at radius 3 is 2.58 bits per heavy atom. The number of carbonyl (C=O) groups excluding carboxylic acids is 1. The van der Waals surface area contributed by atoms with Crippen LogP contribution in [0.3, 0.4) is 0 Å². The van der Waals surface area contributed by atoms with Crippen molar-refractivity contribution in [3.8, 4) is 0 Å². The van der Waals surface area contributed by atoms with E-state index in [2.05, 4.69) is 14.9 Å². The molecule has 0 unspecified atom stereocenters. The maximum absolute atomic E-state index is 12.3. The second kappa shape index (κ2) is 6.50. The van der Waals surface area contributed by atoms with Crippen LogP contribution < -0.4 is 4.72 Å². The number of Topliss-reactive ketones (excluding diaryl/α,β-unsaturated/α-hetero) is 1. The van der Waals surface area contributed by atoms with Crippen molar-refractivity contribution in [3.63, 3.8) is 0 Å².